The van der Waals surface area contributed by atoms with Crippen LogP contribution in [0.25, 0.3) is 52.8 Å². The Morgan fingerprint density at radius 1 is 0.552 bits per heavy atom. The number of rotatable bonds is 1. The number of halogens is 1. The van der Waals surface area contributed by atoms with Gasteiger partial charge >= 0.3 is 0 Å². The lowest BCUT2D eigenvalue weighted by molar-refractivity contribution is 0.630. The van der Waals surface area contributed by atoms with E-state index in [1.165, 1.54) is 53.7 Å². The van der Waals surface area contributed by atoms with Crippen molar-refractivity contribution >= 4 is 53.1 Å². The fourth-order valence-electron chi connectivity index (χ4n) is 4.16. The maximum absolute atomic E-state index is 13.7. The van der Waals surface area contributed by atoms with Crippen molar-refractivity contribution in [3.05, 3.63) is 96.3 Å². The van der Waals surface area contributed by atoms with E-state index in [9.17, 15) is 4.39 Å². The topological polar surface area (TPSA) is 0 Å². The number of aryl methyl sites for hydroxylation is 1. The second-order valence-electron chi connectivity index (χ2n) is 7.72. The van der Waals surface area contributed by atoms with Gasteiger partial charge in [0.05, 0.1) is 0 Å². The molecule has 0 bridgehead atoms. The van der Waals surface area contributed by atoms with Crippen LogP contribution >= 0.6 is 11.3 Å². The van der Waals surface area contributed by atoms with E-state index < -0.39 is 0 Å². The van der Waals surface area contributed by atoms with Crippen LogP contribution in [0.2, 0.25) is 0 Å². The van der Waals surface area contributed by atoms with E-state index in [1.54, 1.807) is 17.4 Å². The predicted molar refractivity (Wildman–Crippen MR) is 124 cm³/mol. The largest absolute Gasteiger partial charge is 0.207 e. The van der Waals surface area contributed by atoms with Crippen molar-refractivity contribution in [2.24, 2.45) is 0 Å². The smallest absolute Gasteiger partial charge is 0.123 e. The molecule has 0 radical (unpaired) electrons. The second-order valence-corrected chi connectivity index (χ2v) is 8.80. The molecule has 5 aromatic carbocycles. The monoisotopic (exact) mass is 392 g/mol. The van der Waals surface area contributed by atoms with Gasteiger partial charge in [-0.05, 0) is 82.1 Å². The highest BCUT2D eigenvalue weighted by molar-refractivity contribution is 7.26. The van der Waals surface area contributed by atoms with Crippen LogP contribution in [0.1, 0.15) is 5.56 Å². The molecule has 0 aliphatic carbocycles. The number of benzene rings is 5. The molecule has 0 spiro atoms. The van der Waals surface area contributed by atoms with Gasteiger partial charge in [0.25, 0.3) is 0 Å². The van der Waals surface area contributed by atoms with Crippen molar-refractivity contribution in [1.82, 2.24) is 0 Å². The van der Waals surface area contributed by atoms with Crippen LogP contribution in [0.4, 0.5) is 4.39 Å². The molecule has 6 rings (SSSR count). The predicted octanol–water partition coefficient (Wildman–Crippen LogP) is 8.48. The van der Waals surface area contributed by atoms with Gasteiger partial charge in [-0.1, -0.05) is 48.0 Å². The Kier molecular flexibility index (Phi) is 3.53. The van der Waals surface area contributed by atoms with Gasteiger partial charge < -0.3 is 0 Å². The Bertz CT molecular complexity index is 1560. The van der Waals surface area contributed by atoms with Crippen molar-refractivity contribution in [2.75, 3.05) is 0 Å². The summed E-state index contributed by atoms with van der Waals surface area (Å²) in [4.78, 5) is 0. The highest BCUT2D eigenvalue weighted by atomic mass is 32.1. The van der Waals surface area contributed by atoms with Gasteiger partial charge in [-0.25, -0.2) is 4.39 Å². The molecule has 138 valence electrons. The van der Waals surface area contributed by atoms with Gasteiger partial charge in [0, 0.05) is 20.2 Å². The summed E-state index contributed by atoms with van der Waals surface area (Å²) < 4.78 is 16.2. The zero-order chi connectivity index (χ0) is 19.5. The molecule has 0 amide bonds. The summed E-state index contributed by atoms with van der Waals surface area (Å²) in [6.45, 7) is 2.11. The van der Waals surface area contributed by atoms with Gasteiger partial charge in [0.2, 0.25) is 0 Å². The Morgan fingerprint density at radius 2 is 1.14 bits per heavy atom. The molecule has 0 nitrogen and oxygen atoms in total. The Balaban J connectivity index is 1.59. The van der Waals surface area contributed by atoms with E-state index in [1.807, 2.05) is 6.07 Å². The van der Waals surface area contributed by atoms with Crippen LogP contribution < -0.4 is 0 Å². The van der Waals surface area contributed by atoms with Crippen molar-refractivity contribution in [3.8, 4) is 11.1 Å². The number of hydrogen-bond donors (Lipinski definition) is 0. The fourth-order valence-corrected chi connectivity index (χ4v) is 5.32. The third-order valence-electron chi connectivity index (χ3n) is 5.73. The van der Waals surface area contributed by atoms with Gasteiger partial charge in [-0.15, -0.1) is 11.3 Å². The fraction of sp³-hybridized carbons (Fsp3) is 0.0370. The third-order valence-corrected chi connectivity index (χ3v) is 6.85. The minimum Gasteiger partial charge on any atom is -0.207 e. The molecule has 0 fully saturated rings. The summed E-state index contributed by atoms with van der Waals surface area (Å²) in [6, 6.07) is 29.2. The summed E-state index contributed by atoms with van der Waals surface area (Å²) in [5, 5.41) is 6.95. The maximum Gasteiger partial charge on any atom is 0.123 e. The van der Waals surface area contributed by atoms with E-state index in [2.05, 4.69) is 73.7 Å². The van der Waals surface area contributed by atoms with Crippen LogP contribution in [0.3, 0.4) is 0 Å². The average molecular weight is 392 g/mol. The van der Waals surface area contributed by atoms with Crippen LogP contribution in [0, 0.1) is 12.7 Å². The first-order valence-electron chi connectivity index (χ1n) is 9.70. The molecule has 0 atom stereocenters. The van der Waals surface area contributed by atoms with Crippen LogP contribution in [0.5, 0.6) is 0 Å². The maximum atomic E-state index is 13.7. The second kappa shape index (κ2) is 6.13. The van der Waals surface area contributed by atoms with Crippen LogP contribution in [0.15, 0.2) is 84.9 Å². The molecule has 0 N–H and O–H groups in total. The van der Waals surface area contributed by atoms with Crippen LogP contribution in [-0.2, 0) is 0 Å². The summed E-state index contributed by atoms with van der Waals surface area (Å²) in [5.74, 6) is -0.189. The Morgan fingerprint density at radius 3 is 1.93 bits per heavy atom. The van der Waals surface area contributed by atoms with E-state index in [4.69, 9.17) is 0 Å². The normalized spacial score (nSPS) is 11.8. The molecular weight excluding hydrogens is 375 g/mol. The summed E-state index contributed by atoms with van der Waals surface area (Å²) in [5.41, 5.74) is 3.75. The minimum atomic E-state index is -0.189. The van der Waals surface area contributed by atoms with Crippen molar-refractivity contribution in [3.63, 3.8) is 0 Å². The molecule has 29 heavy (non-hydrogen) atoms. The average Bonchev–Trinajstić information content (AvgIpc) is 3.07. The zero-order valence-corrected chi connectivity index (χ0v) is 16.7. The van der Waals surface area contributed by atoms with Crippen LogP contribution in [-0.4, -0.2) is 0 Å². The molecule has 0 aliphatic heterocycles. The highest BCUT2D eigenvalue weighted by Gasteiger charge is 2.09. The summed E-state index contributed by atoms with van der Waals surface area (Å²) in [7, 11) is 0. The molecule has 0 saturated heterocycles. The molecular formula is C27H17FS. The molecule has 1 heterocycles. The lowest BCUT2D eigenvalue weighted by Crippen LogP contribution is -1.80. The highest BCUT2D eigenvalue weighted by Crippen LogP contribution is 2.39. The van der Waals surface area contributed by atoms with E-state index in [-0.39, 0.29) is 5.82 Å². The molecule has 0 aliphatic rings. The lowest BCUT2D eigenvalue weighted by Gasteiger charge is -2.06. The van der Waals surface area contributed by atoms with Crippen molar-refractivity contribution in [2.45, 2.75) is 6.92 Å². The van der Waals surface area contributed by atoms with Crippen molar-refractivity contribution < 1.29 is 4.39 Å². The molecule has 6 aromatic rings. The minimum absolute atomic E-state index is 0.189. The SMILES string of the molecule is Cc1ccc(-c2ccc3cc4c(cc3c2)sc2cc3ccc(F)cc3cc24)cc1. The summed E-state index contributed by atoms with van der Waals surface area (Å²) >= 11 is 1.81. The molecule has 0 unspecified atom stereocenters. The van der Waals surface area contributed by atoms with Gasteiger partial charge in [0.15, 0.2) is 0 Å². The zero-order valence-electron chi connectivity index (χ0n) is 15.9. The molecule has 2 heteroatoms. The van der Waals surface area contributed by atoms with Gasteiger partial charge in [0.1, 0.15) is 5.82 Å². The lowest BCUT2D eigenvalue weighted by atomic mass is 9.99. The number of hydrogen-bond acceptors (Lipinski definition) is 1. The number of thiophene rings is 1. The van der Waals surface area contributed by atoms with E-state index in [0.29, 0.717) is 0 Å². The molecule has 1 aromatic heterocycles. The first kappa shape index (κ1) is 16.7. The molecule has 0 saturated carbocycles. The first-order valence-corrected chi connectivity index (χ1v) is 10.5. The standard InChI is InChI=1S/C27H17FS/c1-16-2-4-17(5-3-16)18-6-7-19-12-24-25-13-22-11-23(28)9-8-20(22)14-26(25)29-27(24)15-21(19)10-18/h2-15H,1H3. The quantitative estimate of drug-likeness (QED) is 0.263. The van der Waals surface area contributed by atoms with Gasteiger partial charge in [-0.2, -0.15) is 0 Å². The van der Waals surface area contributed by atoms with E-state index >= 15 is 0 Å². The van der Waals surface area contributed by atoms with Crippen molar-refractivity contribution in [1.29, 1.82) is 0 Å². The third kappa shape index (κ3) is 2.72. The van der Waals surface area contributed by atoms with E-state index in [0.717, 1.165) is 10.8 Å². The Hall–Kier alpha value is -3.23. The first-order chi connectivity index (χ1) is 14.1. The summed E-state index contributed by atoms with van der Waals surface area (Å²) in [6.07, 6.45) is 0. The van der Waals surface area contributed by atoms with Gasteiger partial charge in [-0.3, -0.25) is 0 Å². The Labute approximate surface area is 171 Å². The number of fused-ring (bicyclic) bond motifs is 5.